The van der Waals surface area contributed by atoms with Gasteiger partial charge in [0.25, 0.3) is 0 Å². The van der Waals surface area contributed by atoms with Crippen molar-refractivity contribution in [1.82, 2.24) is 5.12 Å². The first-order valence-electron chi connectivity index (χ1n) is 3.26. The molecule has 0 rings (SSSR count). The maximum atomic E-state index is 9.60. The van der Waals surface area contributed by atoms with Gasteiger partial charge in [-0.05, 0) is 6.42 Å². The number of hydrogen-bond acceptors (Lipinski definition) is 4. The molecule has 0 aliphatic rings. The molecule has 0 aromatic carbocycles. The predicted octanol–water partition coefficient (Wildman–Crippen LogP) is -1.11. The molecule has 0 aromatic heterocycles. The standard InChI is InChI=1S/C4H10O.CH6N4O/c1-2-3-4-5;2-1(6)5(3)4/h5H,2-4H2,1H3;3-4H2,(H2,2,6). The maximum absolute atomic E-state index is 9.60. The molecule has 0 aromatic rings. The van der Waals surface area contributed by atoms with Crippen molar-refractivity contribution in [3.63, 3.8) is 0 Å². The summed E-state index contributed by atoms with van der Waals surface area (Å²) < 4.78 is 0. The Kier molecular flexibility index (Phi) is 10.6. The quantitative estimate of drug-likeness (QED) is 0.235. The Bertz CT molecular complexity index is 94.5. The first-order valence-corrected chi connectivity index (χ1v) is 3.26. The number of urea groups is 1. The lowest BCUT2D eigenvalue weighted by atomic mass is 10.4. The number of carbonyl (C=O) groups is 1. The number of aliphatic hydroxyl groups is 1. The lowest BCUT2D eigenvalue weighted by Crippen LogP contribution is -2.46. The third kappa shape index (κ3) is 17.6. The van der Waals surface area contributed by atoms with Gasteiger partial charge in [-0.25, -0.2) is 16.5 Å². The van der Waals surface area contributed by atoms with Gasteiger partial charge in [0.05, 0.1) is 0 Å². The largest absolute Gasteiger partial charge is 0.396 e. The van der Waals surface area contributed by atoms with Gasteiger partial charge in [0.1, 0.15) is 0 Å². The molecule has 0 fully saturated rings. The van der Waals surface area contributed by atoms with Crippen molar-refractivity contribution < 1.29 is 9.90 Å². The van der Waals surface area contributed by atoms with Crippen LogP contribution in [0.15, 0.2) is 0 Å². The van der Waals surface area contributed by atoms with E-state index in [2.05, 4.69) is 24.3 Å². The summed E-state index contributed by atoms with van der Waals surface area (Å²) in [5.74, 6) is 9.14. The zero-order valence-corrected chi connectivity index (χ0v) is 6.66. The van der Waals surface area contributed by atoms with E-state index in [1.165, 1.54) is 0 Å². The summed E-state index contributed by atoms with van der Waals surface area (Å²) >= 11 is 0. The molecule has 0 aliphatic heterocycles. The molecule has 68 valence electrons. The number of hydrogen-bond donors (Lipinski definition) is 4. The van der Waals surface area contributed by atoms with Crippen LogP contribution in [-0.2, 0) is 0 Å². The van der Waals surface area contributed by atoms with Crippen LogP contribution in [0.4, 0.5) is 4.79 Å². The number of carbonyl (C=O) groups excluding carboxylic acids is 1. The van der Waals surface area contributed by atoms with E-state index in [4.69, 9.17) is 5.11 Å². The summed E-state index contributed by atoms with van der Waals surface area (Å²) in [7, 11) is 0. The van der Waals surface area contributed by atoms with E-state index in [1.54, 1.807) is 0 Å². The minimum absolute atomic E-state index is 0.306. The molecule has 0 saturated heterocycles. The fraction of sp³-hybridized carbons (Fsp3) is 0.800. The van der Waals surface area contributed by atoms with Crippen LogP contribution < -0.4 is 17.4 Å². The molecule has 0 bridgehead atoms. The second-order valence-electron chi connectivity index (χ2n) is 1.82. The highest BCUT2D eigenvalue weighted by Gasteiger charge is 1.90. The van der Waals surface area contributed by atoms with Gasteiger partial charge in [0, 0.05) is 6.61 Å². The average molecular weight is 164 g/mol. The zero-order chi connectivity index (χ0) is 9.28. The lowest BCUT2D eigenvalue weighted by Gasteiger charge is -2.00. The van der Waals surface area contributed by atoms with E-state index < -0.39 is 6.03 Å². The molecule has 6 heteroatoms. The molecule has 6 nitrogen and oxygen atoms in total. The highest BCUT2D eigenvalue weighted by molar-refractivity contribution is 5.70. The molecule has 2 amide bonds. The third-order valence-electron chi connectivity index (χ3n) is 0.766. The van der Waals surface area contributed by atoms with Crippen molar-refractivity contribution in [3.8, 4) is 0 Å². The number of unbranched alkanes of at least 4 members (excludes halogenated alkanes) is 1. The molecular weight excluding hydrogens is 148 g/mol. The summed E-state index contributed by atoms with van der Waals surface area (Å²) in [5, 5.41) is 8.37. The summed E-state index contributed by atoms with van der Waals surface area (Å²) in [5.41, 5.74) is 4.47. The molecule has 11 heavy (non-hydrogen) atoms. The highest BCUT2D eigenvalue weighted by atomic mass is 16.2. The first kappa shape index (κ1) is 12.8. The second kappa shape index (κ2) is 9.15. The first-order chi connectivity index (χ1) is 5.06. The van der Waals surface area contributed by atoms with Crippen LogP contribution >= 0.6 is 0 Å². The normalized spacial score (nSPS) is 8.00. The minimum Gasteiger partial charge on any atom is -0.396 e. The number of rotatable bonds is 2. The molecule has 0 aliphatic carbocycles. The molecule has 0 atom stereocenters. The number of amides is 2. The van der Waals surface area contributed by atoms with Crippen LogP contribution in [0.1, 0.15) is 19.8 Å². The van der Waals surface area contributed by atoms with Crippen LogP contribution in [0.3, 0.4) is 0 Å². The highest BCUT2D eigenvalue weighted by Crippen LogP contribution is 1.78. The number of nitrogens with zero attached hydrogens (tertiary/aromatic N) is 1. The second-order valence-corrected chi connectivity index (χ2v) is 1.82. The Morgan fingerprint density at radius 2 is 1.91 bits per heavy atom. The number of hydrazine groups is 2. The number of nitrogens with two attached hydrogens (primary N) is 3. The van der Waals surface area contributed by atoms with Crippen molar-refractivity contribution in [2.75, 3.05) is 6.61 Å². The van der Waals surface area contributed by atoms with Crippen LogP contribution in [0.2, 0.25) is 0 Å². The van der Waals surface area contributed by atoms with Gasteiger partial charge >= 0.3 is 6.03 Å². The number of aliphatic hydroxyl groups excluding tert-OH is 1. The lowest BCUT2D eigenvalue weighted by molar-refractivity contribution is 0.210. The van der Waals surface area contributed by atoms with E-state index in [0.29, 0.717) is 11.7 Å². The minimum atomic E-state index is -0.852. The Morgan fingerprint density at radius 3 is 1.91 bits per heavy atom. The van der Waals surface area contributed by atoms with Crippen LogP contribution in [0.25, 0.3) is 0 Å². The fourth-order valence-electron chi connectivity index (χ4n) is 0.158. The van der Waals surface area contributed by atoms with Gasteiger partial charge < -0.3 is 10.8 Å². The van der Waals surface area contributed by atoms with E-state index in [-0.39, 0.29) is 0 Å². The summed E-state index contributed by atoms with van der Waals surface area (Å²) in [6.45, 7) is 2.40. The smallest absolute Gasteiger partial charge is 0.343 e. The van der Waals surface area contributed by atoms with Gasteiger partial charge in [0.2, 0.25) is 0 Å². The van der Waals surface area contributed by atoms with Gasteiger partial charge in [-0.2, -0.15) is 5.12 Å². The predicted molar refractivity (Wildman–Crippen MR) is 41.8 cm³/mol. The molecule has 0 saturated carbocycles. The van der Waals surface area contributed by atoms with E-state index >= 15 is 0 Å². The van der Waals surface area contributed by atoms with Gasteiger partial charge in [0.15, 0.2) is 0 Å². The van der Waals surface area contributed by atoms with Crippen molar-refractivity contribution >= 4 is 6.03 Å². The SMILES string of the molecule is CCCCO.NC(=O)N(N)N. The van der Waals surface area contributed by atoms with Crippen molar-refractivity contribution in [2.24, 2.45) is 17.4 Å². The average Bonchev–Trinajstić information content (AvgIpc) is 1.90. The molecule has 0 heterocycles. The zero-order valence-electron chi connectivity index (χ0n) is 6.66. The van der Waals surface area contributed by atoms with Gasteiger partial charge in [-0.3, -0.25) is 0 Å². The van der Waals surface area contributed by atoms with Gasteiger partial charge in [-0.15, -0.1) is 0 Å². The van der Waals surface area contributed by atoms with Crippen LogP contribution in [0.5, 0.6) is 0 Å². The van der Waals surface area contributed by atoms with Crippen LogP contribution in [0, 0.1) is 0 Å². The molecule has 0 radical (unpaired) electrons. The third-order valence-corrected chi connectivity index (χ3v) is 0.766. The monoisotopic (exact) mass is 164 g/mol. The van der Waals surface area contributed by atoms with E-state index in [1.807, 2.05) is 0 Å². The fourth-order valence-corrected chi connectivity index (χ4v) is 0.158. The van der Waals surface area contributed by atoms with Gasteiger partial charge in [-0.1, -0.05) is 13.3 Å². The molecular formula is C5H16N4O2. The summed E-state index contributed by atoms with van der Waals surface area (Å²) in [6, 6.07) is -0.852. The van der Waals surface area contributed by atoms with Crippen molar-refractivity contribution in [3.05, 3.63) is 0 Å². The van der Waals surface area contributed by atoms with E-state index in [0.717, 1.165) is 12.8 Å². The summed E-state index contributed by atoms with van der Waals surface area (Å²) in [6.07, 6.45) is 2.04. The molecule has 7 N–H and O–H groups in total. The van der Waals surface area contributed by atoms with Crippen molar-refractivity contribution in [1.29, 1.82) is 0 Å². The maximum Gasteiger partial charge on any atom is 0.343 e. The summed E-state index contributed by atoms with van der Waals surface area (Å²) in [4.78, 5) is 9.60. The Morgan fingerprint density at radius 1 is 1.55 bits per heavy atom. The Labute approximate surface area is 65.9 Å². The Balaban J connectivity index is 0. The molecule has 0 unspecified atom stereocenters. The topological polar surface area (TPSA) is 119 Å². The number of primary amides is 1. The van der Waals surface area contributed by atoms with Crippen LogP contribution in [-0.4, -0.2) is 22.9 Å². The molecule has 0 spiro atoms. The van der Waals surface area contributed by atoms with Crippen molar-refractivity contribution in [2.45, 2.75) is 19.8 Å². The Hall–Kier alpha value is -0.850. The van der Waals surface area contributed by atoms with E-state index in [9.17, 15) is 4.79 Å².